The van der Waals surface area contributed by atoms with Crippen LogP contribution in [0.25, 0.3) is 17.1 Å². The maximum absolute atomic E-state index is 14.6. The average Bonchev–Trinajstić information content (AvgIpc) is 3.34. The molecule has 40 heavy (non-hydrogen) atoms. The predicted molar refractivity (Wildman–Crippen MR) is 144 cm³/mol. The number of rotatable bonds is 9. The number of carboxylic acid groups (broad SMARTS) is 1. The van der Waals surface area contributed by atoms with Gasteiger partial charge in [-0.25, -0.2) is 18.9 Å². The lowest BCUT2D eigenvalue weighted by Gasteiger charge is -2.21. The van der Waals surface area contributed by atoms with Crippen LogP contribution in [0.5, 0.6) is 5.75 Å². The second-order valence-electron chi connectivity index (χ2n) is 9.20. The smallest absolute Gasteiger partial charge is 0.416 e. The summed E-state index contributed by atoms with van der Waals surface area (Å²) in [5.41, 5.74) is -0.587. The summed E-state index contributed by atoms with van der Waals surface area (Å²) < 4.78 is 60.3. The number of hydrogen-bond acceptors (Lipinski definition) is 4. The van der Waals surface area contributed by atoms with Gasteiger partial charge in [0, 0.05) is 12.0 Å². The molecule has 0 bridgehead atoms. The Hall–Kier alpha value is -4.21. The largest absolute Gasteiger partial charge is 0.478 e. The van der Waals surface area contributed by atoms with Crippen molar-refractivity contribution in [2.24, 2.45) is 0 Å². The minimum atomic E-state index is -4.46. The van der Waals surface area contributed by atoms with Crippen molar-refractivity contribution in [3.8, 4) is 22.8 Å². The second-order valence-corrected chi connectivity index (χ2v) is 9.20. The van der Waals surface area contributed by atoms with Crippen LogP contribution in [0.3, 0.4) is 0 Å². The van der Waals surface area contributed by atoms with Crippen LogP contribution < -0.4 is 4.74 Å². The van der Waals surface area contributed by atoms with Crippen LogP contribution in [-0.2, 0) is 23.8 Å². The van der Waals surface area contributed by atoms with Crippen molar-refractivity contribution in [2.45, 2.75) is 58.7 Å². The van der Waals surface area contributed by atoms with Gasteiger partial charge in [0.15, 0.2) is 11.4 Å². The summed E-state index contributed by atoms with van der Waals surface area (Å²) in [5, 5.41) is 13.6. The van der Waals surface area contributed by atoms with Crippen molar-refractivity contribution in [1.82, 2.24) is 14.8 Å². The summed E-state index contributed by atoms with van der Waals surface area (Å²) in [5.74, 6) is -0.483. The van der Waals surface area contributed by atoms with Gasteiger partial charge >= 0.3 is 12.1 Å². The lowest BCUT2D eigenvalue weighted by molar-refractivity contribution is -0.152. The molecule has 0 atom stereocenters. The fraction of sp³-hybridized carbons (Fsp3) is 0.300. The van der Waals surface area contributed by atoms with Gasteiger partial charge in [0.25, 0.3) is 0 Å². The number of halogens is 4. The van der Waals surface area contributed by atoms with E-state index in [0.717, 1.165) is 17.7 Å². The molecule has 10 heteroatoms. The highest BCUT2D eigenvalue weighted by atomic mass is 19.4. The van der Waals surface area contributed by atoms with Gasteiger partial charge in [-0.1, -0.05) is 50.2 Å². The number of ether oxygens (including phenoxy) is 1. The van der Waals surface area contributed by atoms with E-state index in [2.05, 4.69) is 10.1 Å². The average molecular weight is 558 g/mol. The van der Waals surface area contributed by atoms with Crippen molar-refractivity contribution in [1.29, 1.82) is 0 Å². The standard InChI is InChI=1S/C28H25F4N3O3.C2H6/c1-27(2,26(36)37)38-21-16-10-18(11-17-21)6-5-9-24-33-25(19-12-14-20(15-13-19)28(30,31)32)34-35(24)23-8-4-3-7-22(23)29;1-2/h3-4,7-8,10-17H,5-6,9H2,1-2H3,(H,36,37);1-2H3. The summed E-state index contributed by atoms with van der Waals surface area (Å²) in [6.07, 6.45) is -2.77. The topological polar surface area (TPSA) is 77.2 Å². The van der Waals surface area contributed by atoms with Gasteiger partial charge in [-0.05, 0) is 68.7 Å². The molecule has 0 unspecified atom stereocenters. The molecule has 6 nitrogen and oxygen atoms in total. The first kappa shape index (κ1) is 30.3. The van der Waals surface area contributed by atoms with E-state index in [1.54, 1.807) is 30.3 Å². The van der Waals surface area contributed by atoms with Crippen LogP contribution in [0, 0.1) is 5.82 Å². The molecule has 0 saturated heterocycles. The Morgan fingerprint density at radius 2 is 1.55 bits per heavy atom. The van der Waals surface area contributed by atoms with E-state index in [-0.39, 0.29) is 11.5 Å². The van der Waals surface area contributed by atoms with Crippen molar-refractivity contribution in [2.75, 3.05) is 0 Å². The molecule has 4 rings (SSSR count). The number of benzene rings is 3. The predicted octanol–water partition coefficient (Wildman–Crippen LogP) is 7.54. The molecule has 212 valence electrons. The Kier molecular flexibility index (Phi) is 9.68. The molecular formula is C30H31F4N3O3. The van der Waals surface area contributed by atoms with Crippen LogP contribution >= 0.6 is 0 Å². The highest BCUT2D eigenvalue weighted by molar-refractivity contribution is 5.76. The molecule has 1 aromatic heterocycles. The van der Waals surface area contributed by atoms with Gasteiger partial charge in [-0.15, -0.1) is 5.10 Å². The summed E-state index contributed by atoms with van der Waals surface area (Å²) in [4.78, 5) is 15.8. The van der Waals surface area contributed by atoms with Crippen LogP contribution in [0.15, 0.2) is 72.8 Å². The van der Waals surface area contributed by atoms with Crippen molar-refractivity contribution >= 4 is 5.97 Å². The molecule has 0 spiro atoms. The summed E-state index contributed by atoms with van der Waals surface area (Å²) >= 11 is 0. The van der Waals surface area contributed by atoms with Gasteiger partial charge in [0.05, 0.1) is 5.56 Å². The minimum Gasteiger partial charge on any atom is -0.478 e. The maximum Gasteiger partial charge on any atom is 0.416 e. The number of alkyl halides is 3. The number of aromatic nitrogens is 3. The maximum atomic E-state index is 14.6. The normalized spacial score (nSPS) is 11.5. The molecule has 3 aromatic carbocycles. The molecule has 0 aliphatic heterocycles. The second kappa shape index (κ2) is 12.8. The Balaban J connectivity index is 0.00000216. The number of aryl methyl sites for hydroxylation is 2. The number of nitrogens with zero attached hydrogens (tertiary/aromatic N) is 3. The SMILES string of the molecule is CC.CC(C)(Oc1ccc(CCCc2nc(-c3ccc(C(F)(F)F)cc3)nn2-c2ccccc2F)cc1)C(=O)O. The molecule has 0 amide bonds. The first-order valence-electron chi connectivity index (χ1n) is 12.8. The first-order chi connectivity index (χ1) is 18.9. The summed E-state index contributed by atoms with van der Waals surface area (Å²) in [6, 6.07) is 17.7. The molecule has 0 fully saturated rings. The van der Waals surface area contributed by atoms with E-state index in [9.17, 15) is 27.5 Å². The van der Waals surface area contributed by atoms with Crippen molar-refractivity contribution < 1.29 is 32.2 Å². The fourth-order valence-electron chi connectivity index (χ4n) is 3.77. The van der Waals surface area contributed by atoms with Crippen LogP contribution in [0.4, 0.5) is 17.6 Å². The molecule has 1 heterocycles. The lowest BCUT2D eigenvalue weighted by Crippen LogP contribution is -2.37. The van der Waals surface area contributed by atoms with E-state index in [1.165, 1.54) is 36.7 Å². The third-order valence-electron chi connectivity index (χ3n) is 5.90. The third kappa shape index (κ3) is 7.46. The van der Waals surface area contributed by atoms with E-state index in [4.69, 9.17) is 4.74 Å². The van der Waals surface area contributed by atoms with Crippen molar-refractivity contribution in [3.05, 3.63) is 95.6 Å². The zero-order valence-corrected chi connectivity index (χ0v) is 22.7. The van der Waals surface area contributed by atoms with E-state index >= 15 is 0 Å². The molecule has 0 aliphatic rings. The highest BCUT2D eigenvalue weighted by Gasteiger charge is 2.30. The number of carboxylic acids is 1. The molecule has 0 saturated carbocycles. The van der Waals surface area contributed by atoms with Crippen molar-refractivity contribution in [3.63, 3.8) is 0 Å². The molecule has 4 aromatic rings. The quantitative estimate of drug-likeness (QED) is 0.215. The van der Waals surface area contributed by atoms with Gasteiger partial charge < -0.3 is 9.84 Å². The fourth-order valence-corrected chi connectivity index (χ4v) is 3.77. The Bertz CT molecular complexity index is 1410. The van der Waals surface area contributed by atoms with Crippen LogP contribution in [-0.4, -0.2) is 31.4 Å². The molecule has 1 N–H and O–H groups in total. The minimum absolute atomic E-state index is 0.190. The van der Waals surface area contributed by atoms with Crippen LogP contribution in [0.1, 0.15) is 51.1 Å². The summed E-state index contributed by atoms with van der Waals surface area (Å²) in [7, 11) is 0. The van der Waals surface area contributed by atoms with Gasteiger partial charge in [0.1, 0.15) is 23.1 Å². The number of carbonyl (C=O) groups is 1. The van der Waals surface area contributed by atoms with Gasteiger partial charge in [-0.3, -0.25) is 0 Å². The van der Waals surface area contributed by atoms with Crippen LogP contribution in [0.2, 0.25) is 0 Å². The molecule has 0 aliphatic carbocycles. The Labute approximate surface area is 230 Å². The number of hydrogen-bond donors (Lipinski definition) is 1. The Morgan fingerprint density at radius 3 is 2.12 bits per heavy atom. The lowest BCUT2D eigenvalue weighted by atomic mass is 10.1. The zero-order valence-electron chi connectivity index (χ0n) is 22.7. The monoisotopic (exact) mass is 557 g/mol. The highest BCUT2D eigenvalue weighted by Crippen LogP contribution is 2.31. The van der Waals surface area contributed by atoms with Gasteiger partial charge in [0.2, 0.25) is 0 Å². The third-order valence-corrected chi connectivity index (χ3v) is 5.90. The van der Waals surface area contributed by atoms with E-state index < -0.39 is 29.1 Å². The van der Waals surface area contributed by atoms with E-state index in [1.807, 2.05) is 26.0 Å². The zero-order chi connectivity index (χ0) is 29.5. The summed E-state index contributed by atoms with van der Waals surface area (Å²) in [6.45, 7) is 6.93. The number of aliphatic carboxylic acids is 1. The van der Waals surface area contributed by atoms with Gasteiger partial charge in [-0.2, -0.15) is 13.2 Å². The van der Waals surface area contributed by atoms with E-state index in [0.29, 0.717) is 36.4 Å². The molecule has 0 radical (unpaired) electrons. The molecular weight excluding hydrogens is 526 g/mol. The first-order valence-corrected chi connectivity index (χ1v) is 12.8. The Morgan fingerprint density at radius 1 is 0.925 bits per heavy atom. The number of para-hydroxylation sites is 1.